The molecule has 102 valence electrons. The van der Waals surface area contributed by atoms with E-state index >= 15 is 0 Å². The van der Waals surface area contributed by atoms with Crippen LogP contribution >= 0.6 is 43.2 Å². The molecule has 0 fully saturated rings. The summed E-state index contributed by atoms with van der Waals surface area (Å²) in [5, 5.41) is 1.14. The molecule has 2 aromatic carbocycles. The van der Waals surface area contributed by atoms with Crippen LogP contribution < -0.4 is 0 Å². The van der Waals surface area contributed by atoms with Gasteiger partial charge in [-0.2, -0.15) is 0 Å². The molecule has 5 heteroatoms. The molecule has 0 radical (unpaired) electrons. The van der Waals surface area contributed by atoms with Gasteiger partial charge in [0, 0.05) is 20.1 Å². The van der Waals surface area contributed by atoms with E-state index in [2.05, 4.69) is 44.0 Å². The second-order valence-corrected chi connectivity index (χ2v) is 7.32. The summed E-state index contributed by atoms with van der Waals surface area (Å²) in [6, 6.07) is 16.4. The average molecular weight is 420 g/mol. The second kappa shape index (κ2) is 5.16. The molecule has 0 aliphatic rings. The van der Waals surface area contributed by atoms with Gasteiger partial charge in [0.25, 0.3) is 0 Å². The van der Waals surface area contributed by atoms with Crippen LogP contribution in [0.25, 0.3) is 31.7 Å². The summed E-state index contributed by atoms with van der Waals surface area (Å²) in [7, 11) is 0. The molecular weight excluding hydrogens is 412 g/mol. The van der Waals surface area contributed by atoms with Crippen molar-refractivity contribution >= 4 is 63.6 Å². The molecule has 0 saturated carbocycles. The molecule has 4 aromatic rings. The van der Waals surface area contributed by atoms with Crippen molar-refractivity contribution in [3.8, 4) is 11.3 Å². The Morgan fingerprint density at radius 1 is 0.905 bits per heavy atom. The largest absolute Gasteiger partial charge is 0.235 e. The number of hydrogen-bond donors (Lipinski definition) is 0. The van der Waals surface area contributed by atoms with E-state index in [1.165, 1.54) is 4.70 Å². The molecule has 0 atom stereocenters. The minimum absolute atomic E-state index is 0.779. The topological polar surface area (TPSA) is 25.8 Å². The first kappa shape index (κ1) is 13.4. The number of hydrogen-bond acceptors (Lipinski definition) is 3. The highest BCUT2D eigenvalue weighted by molar-refractivity contribution is 9.10. The molecule has 2 heterocycles. The fraction of sp³-hybridized carbons (Fsp3) is 0. The lowest BCUT2D eigenvalue weighted by molar-refractivity contribution is 1.27. The SMILES string of the molecule is Brc1ccc2sc3nc(-c4ccccc4)c(Br)nc3c2c1. The quantitative estimate of drug-likeness (QED) is 0.376. The van der Waals surface area contributed by atoms with Gasteiger partial charge in [-0.1, -0.05) is 46.3 Å². The normalized spacial score (nSPS) is 11.3. The summed E-state index contributed by atoms with van der Waals surface area (Å²) in [5.74, 6) is 0. The molecule has 0 saturated heterocycles. The van der Waals surface area contributed by atoms with Gasteiger partial charge >= 0.3 is 0 Å². The van der Waals surface area contributed by atoms with E-state index in [0.717, 1.165) is 36.1 Å². The summed E-state index contributed by atoms with van der Waals surface area (Å²) in [6.45, 7) is 0. The van der Waals surface area contributed by atoms with Crippen molar-refractivity contribution < 1.29 is 0 Å². The van der Waals surface area contributed by atoms with E-state index in [1.54, 1.807) is 11.3 Å². The summed E-state index contributed by atoms with van der Waals surface area (Å²) < 4.78 is 3.03. The van der Waals surface area contributed by atoms with Gasteiger partial charge in [-0.3, -0.25) is 0 Å². The molecule has 0 aliphatic heterocycles. The summed E-state index contributed by atoms with van der Waals surface area (Å²) >= 11 is 8.75. The number of halogens is 2. The monoisotopic (exact) mass is 418 g/mol. The van der Waals surface area contributed by atoms with Crippen LogP contribution in [0.2, 0.25) is 0 Å². The zero-order chi connectivity index (χ0) is 14.4. The zero-order valence-corrected chi connectivity index (χ0v) is 14.7. The maximum atomic E-state index is 4.81. The van der Waals surface area contributed by atoms with Crippen molar-refractivity contribution in [3.05, 3.63) is 57.6 Å². The van der Waals surface area contributed by atoms with Crippen LogP contribution in [0.4, 0.5) is 0 Å². The minimum atomic E-state index is 0.779. The Kier molecular flexibility index (Phi) is 3.28. The molecule has 0 unspecified atom stereocenters. The van der Waals surface area contributed by atoms with E-state index in [-0.39, 0.29) is 0 Å². The lowest BCUT2D eigenvalue weighted by Crippen LogP contribution is -1.89. The van der Waals surface area contributed by atoms with E-state index in [9.17, 15) is 0 Å². The minimum Gasteiger partial charge on any atom is -0.235 e. The Morgan fingerprint density at radius 3 is 2.52 bits per heavy atom. The lowest BCUT2D eigenvalue weighted by Gasteiger charge is -2.03. The van der Waals surface area contributed by atoms with Gasteiger partial charge < -0.3 is 0 Å². The third-order valence-corrected chi connectivity index (χ3v) is 5.37. The zero-order valence-electron chi connectivity index (χ0n) is 10.7. The average Bonchev–Trinajstić information content (AvgIpc) is 2.84. The Balaban J connectivity index is 2.04. The van der Waals surface area contributed by atoms with Crippen LogP contribution in [0.3, 0.4) is 0 Å². The third kappa shape index (κ3) is 2.29. The van der Waals surface area contributed by atoms with Gasteiger partial charge in [0.2, 0.25) is 0 Å². The molecular formula is C16H8Br2N2S. The number of nitrogens with zero attached hydrogens (tertiary/aromatic N) is 2. The molecule has 4 rings (SSSR count). The van der Waals surface area contributed by atoms with Crippen molar-refractivity contribution in [2.75, 3.05) is 0 Å². The van der Waals surface area contributed by atoms with Crippen molar-refractivity contribution in [1.29, 1.82) is 0 Å². The Labute approximate surface area is 142 Å². The number of fused-ring (bicyclic) bond motifs is 3. The highest BCUT2D eigenvalue weighted by atomic mass is 79.9. The van der Waals surface area contributed by atoms with Crippen LogP contribution in [0.1, 0.15) is 0 Å². The van der Waals surface area contributed by atoms with Gasteiger partial charge in [0.05, 0.1) is 0 Å². The van der Waals surface area contributed by atoms with Crippen molar-refractivity contribution in [2.24, 2.45) is 0 Å². The second-order valence-electron chi connectivity index (χ2n) is 4.63. The lowest BCUT2D eigenvalue weighted by atomic mass is 10.1. The molecule has 0 amide bonds. The molecule has 0 spiro atoms. The van der Waals surface area contributed by atoms with Crippen molar-refractivity contribution in [2.45, 2.75) is 0 Å². The van der Waals surface area contributed by atoms with Gasteiger partial charge in [-0.15, -0.1) is 11.3 Å². The molecule has 0 N–H and O–H groups in total. The van der Waals surface area contributed by atoms with Crippen LogP contribution in [0, 0.1) is 0 Å². The van der Waals surface area contributed by atoms with Crippen LogP contribution in [0.5, 0.6) is 0 Å². The van der Waals surface area contributed by atoms with Gasteiger partial charge in [0.1, 0.15) is 20.6 Å². The van der Waals surface area contributed by atoms with Crippen molar-refractivity contribution in [3.63, 3.8) is 0 Å². The first-order valence-electron chi connectivity index (χ1n) is 6.33. The number of benzene rings is 2. The molecule has 2 nitrogen and oxygen atoms in total. The standard InChI is InChI=1S/C16H8Br2N2S/c17-10-6-7-12-11(8-10)14-16(21-12)20-13(15(18)19-14)9-4-2-1-3-5-9/h1-8H. The van der Waals surface area contributed by atoms with Gasteiger partial charge in [0.15, 0.2) is 0 Å². The molecule has 0 aliphatic carbocycles. The number of thiophene rings is 1. The Hall–Kier alpha value is -1.30. The maximum Gasteiger partial charge on any atom is 0.143 e. The Morgan fingerprint density at radius 2 is 1.71 bits per heavy atom. The van der Waals surface area contributed by atoms with Crippen LogP contribution in [0.15, 0.2) is 57.6 Å². The van der Waals surface area contributed by atoms with E-state index in [4.69, 9.17) is 9.97 Å². The van der Waals surface area contributed by atoms with E-state index in [0.29, 0.717) is 0 Å². The summed E-state index contributed by atoms with van der Waals surface area (Å²) in [5.41, 5.74) is 2.90. The van der Waals surface area contributed by atoms with Crippen LogP contribution in [-0.2, 0) is 0 Å². The van der Waals surface area contributed by atoms with Crippen LogP contribution in [-0.4, -0.2) is 9.97 Å². The highest BCUT2D eigenvalue weighted by Crippen LogP contribution is 2.36. The fourth-order valence-corrected chi connectivity index (χ4v) is 4.16. The van der Waals surface area contributed by atoms with Gasteiger partial charge in [-0.25, -0.2) is 9.97 Å². The first-order chi connectivity index (χ1) is 10.2. The smallest absolute Gasteiger partial charge is 0.143 e. The summed E-state index contributed by atoms with van der Waals surface area (Å²) in [4.78, 5) is 10.5. The predicted molar refractivity (Wildman–Crippen MR) is 95.8 cm³/mol. The number of rotatable bonds is 1. The van der Waals surface area contributed by atoms with Gasteiger partial charge in [-0.05, 0) is 34.1 Å². The van der Waals surface area contributed by atoms with E-state index < -0.39 is 0 Å². The third-order valence-electron chi connectivity index (χ3n) is 3.27. The summed E-state index contributed by atoms with van der Waals surface area (Å²) in [6.07, 6.45) is 0. The predicted octanol–water partition coefficient (Wildman–Crippen LogP) is 6.04. The molecule has 0 bridgehead atoms. The molecule has 21 heavy (non-hydrogen) atoms. The Bertz CT molecular complexity index is 964. The van der Waals surface area contributed by atoms with E-state index in [1.807, 2.05) is 36.4 Å². The fourth-order valence-electron chi connectivity index (χ4n) is 2.31. The first-order valence-corrected chi connectivity index (χ1v) is 8.73. The number of aromatic nitrogens is 2. The molecule has 2 aromatic heterocycles. The van der Waals surface area contributed by atoms with Crippen molar-refractivity contribution in [1.82, 2.24) is 9.97 Å². The maximum absolute atomic E-state index is 4.81. The highest BCUT2D eigenvalue weighted by Gasteiger charge is 2.13.